The number of hydrogen-bond acceptors (Lipinski definition) is 5. The van der Waals surface area contributed by atoms with Crippen LogP contribution in [0.5, 0.6) is 0 Å². The first-order valence-corrected chi connectivity index (χ1v) is 9.87. The number of likely N-dealkylation sites (N-methyl/N-ethyl adjacent to an activating group) is 1. The van der Waals surface area contributed by atoms with Crippen LogP contribution in [0.25, 0.3) is 0 Å². The lowest BCUT2D eigenvalue weighted by Crippen LogP contribution is -2.35. The molecular formula is C17H25N3O5S. The number of carboxylic acid groups (broad SMARTS) is 1. The zero-order chi connectivity index (χ0) is 19.5. The van der Waals surface area contributed by atoms with Crippen molar-refractivity contribution >= 4 is 27.6 Å². The van der Waals surface area contributed by atoms with Gasteiger partial charge in [0.05, 0.1) is 10.5 Å². The molecule has 1 aromatic rings. The zero-order valence-corrected chi connectivity index (χ0v) is 16.1. The Bertz CT molecular complexity index is 786. The van der Waals surface area contributed by atoms with Gasteiger partial charge in [-0.25, -0.2) is 12.7 Å². The third-order valence-corrected chi connectivity index (χ3v) is 6.20. The Kier molecular flexibility index (Phi) is 6.25. The Balaban J connectivity index is 2.51. The molecule has 0 aliphatic carbocycles. The molecule has 144 valence electrons. The molecule has 0 atom stereocenters. The van der Waals surface area contributed by atoms with E-state index in [4.69, 9.17) is 5.11 Å². The third kappa shape index (κ3) is 4.34. The number of amides is 1. The molecule has 0 saturated carbocycles. The maximum atomic E-state index is 12.8. The minimum atomic E-state index is -3.70. The van der Waals surface area contributed by atoms with Gasteiger partial charge < -0.3 is 14.9 Å². The van der Waals surface area contributed by atoms with Crippen molar-refractivity contribution in [1.29, 1.82) is 0 Å². The predicted molar refractivity (Wildman–Crippen MR) is 98.0 cm³/mol. The third-order valence-electron chi connectivity index (χ3n) is 4.39. The first kappa shape index (κ1) is 20.2. The van der Waals surface area contributed by atoms with Gasteiger partial charge in [-0.2, -0.15) is 0 Å². The summed E-state index contributed by atoms with van der Waals surface area (Å²) in [5, 5.41) is 8.95. The summed E-state index contributed by atoms with van der Waals surface area (Å²) in [5.41, 5.74) is 0.850. The molecule has 2 rings (SSSR count). The number of sulfonamides is 1. The molecule has 0 spiro atoms. The highest BCUT2D eigenvalue weighted by Crippen LogP contribution is 2.28. The Morgan fingerprint density at radius 2 is 1.73 bits per heavy atom. The molecule has 0 radical (unpaired) electrons. The predicted octanol–water partition coefficient (Wildman–Crippen LogP) is 1.08. The number of piperidine rings is 1. The van der Waals surface area contributed by atoms with Gasteiger partial charge in [-0.15, -0.1) is 0 Å². The normalized spacial score (nSPS) is 15.2. The molecule has 0 bridgehead atoms. The highest BCUT2D eigenvalue weighted by Gasteiger charge is 2.26. The van der Waals surface area contributed by atoms with Crippen LogP contribution in [-0.2, 0) is 14.8 Å². The summed E-state index contributed by atoms with van der Waals surface area (Å²) in [5.74, 6) is -1.64. The van der Waals surface area contributed by atoms with E-state index in [9.17, 15) is 18.0 Å². The lowest BCUT2D eigenvalue weighted by molar-refractivity contribution is -0.137. The molecule has 1 aliphatic rings. The van der Waals surface area contributed by atoms with Crippen LogP contribution in [0.15, 0.2) is 23.1 Å². The summed E-state index contributed by atoms with van der Waals surface area (Å²) < 4.78 is 26.0. The molecule has 1 fully saturated rings. The van der Waals surface area contributed by atoms with E-state index < -0.39 is 28.4 Å². The molecule has 1 aliphatic heterocycles. The average molecular weight is 383 g/mol. The Labute approximate surface area is 154 Å². The Hall–Kier alpha value is -2.13. The van der Waals surface area contributed by atoms with Crippen molar-refractivity contribution in [1.82, 2.24) is 9.21 Å². The Morgan fingerprint density at radius 3 is 2.27 bits per heavy atom. The molecule has 1 amide bonds. The van der Waals surface area contributed by atoms with Crippen LogP contribution in [0.2, 0.25) is 0 Å². The molecule has 1 saturated heterocycles. The molecule has 1 heterocycles. The highest BCUT2D eigenvalue weighted by molar-refractivity contribution is 7.89. The fourth-order valence-electron chi connectivity index (χ4n) is 2.95. The van der Waals surface area contributed by atoms with E-state index in [2.05, 4.69) is 4.90 Å². The first-order chi connectivity index (χ1) is 12.1. The van der Waals surface area contributed by atoms with Gasteiger partial charge in [0.25, 0.3) is 5.91 Å². The van der Waals surface area contributed by atoms with Crippen LogP contribution < -0.4 is 4.90 Å². The number of rotatable bonds is 6. The van der Waals surface area contributed by atoms with Crippen LogP contribution in [0.1, 0.15) is 29.6 Å². The lowest BCUT2D eigenvalue weighted by atomic mass is 10.1. The van der Waals surface area contributed by atoms with Gasteiger partial charge in [-0.05, 0) is 37.5 Å². The highest BCUT2D eigenvalue weighted by atomic mass is 32.2. The van der Waals surface area contributed by atoms with E-state index in [1.807, 2.05) is 0 Å². The van der Waals surface area contributed by atoms with E-state index in [-0.39, 0.29) is 10.5 Å². The second kappa shape index (κ2) is 8.05. The van der Waals surface area contributed by atoms with Crippen molar-refractivity contribution in [3.05, 3.63) is 23.8 Å². The summed E-state index contributed by atoms with van der Waals surface area (Å²) >= 11 is 0. The number of carboxylic acids is 1. The molecular weight excluding hydrogens is 358 g/mol. The second-order valence-corrected chi connectivity index (χ2v) is 8.72. The van der Waals surface area contributed by atoms with E-state index in [1.165, 1.54) is 33.3 Å². The van der Waals surface area contributed by atoms with Gasteiger partial charge in [0.2, 0.25) is 10.0 Å². The summed E-state index contributed by atoms with van der Waals surface area (Å²) in [7, 11) is 0.536. The molecule has 9 heteroatoms. The summed E-state index contributed by atoms with van der Waals surface area (Å²) in [4.78, 5) is 26.9. The molecule has 26 heavy (non-hydrogen) atoms. The second-order valence-electron chi connectivity index (χ2n) is 6.57. The molecule has 0 unspecified atom stereocenters. The van der Waals surface area contributed by atoms with Crippen LogP contribution in [0, 0.1) is 0 Å². The molecule has 8 nitrogen and oxygen atoms in total. The molecule has 1 aromatic carbocycles. The Morgan fingerprint density at radius 1 is 1.12 bits per heavy atom. The van der Waals surface area contributed by atoms with Crippen molar-refractivity contribution in [3.63, 3.8) is 0 Å². The number of carbonyl (C=O) groups excluding carboxylic acids is 1. The van der Waals surface area contributed by atoms with Gasteiger partial charge in [-0.3, -0.25) is 9.59 Å². The van der Waals surface area contributed by atoms with Crippen molar-refractivity contribution in [3.8, 4) is 0 Å². The van der Waals surface area contributed by atoms with Crippen LogP contribution in [0.4, 0.5) is 5.69 Å². The van der Waals surface area contributed by atoms with Crippen molar-refractivity contribution in [2.24, 2.45) is 0 Å². The fraction of sp³-hybridized carbons (Fsp3) is 0.529. The smallest absolute Gasteiger partial charge is 0.323 e. The minimum absolute atomic E-state index is 0.00957. The number of carbonyl (C=O) groups is 2. The summed E-state index contributed by atoms with van der Waals surface area (Å²) in [6, 6.07) is 4.48. The number of aliphatic carboxylic acids is 1. The van der Waals surface area contributed by atoms with Crippen LogP contribution in [0.3, 0.4) is 0 Å². The van der Waals surface area contributed by atoms with Gasteiger partial charge in [0.15, 0.2) is 0 Å². The zero-order valence-electron chi connectivity index (χ0n) is 15.3. The van der Waals surface area contributed by atoms with Crippen LogP contribution in [-0.4, -0.2) is 75.4 Å². The van der Waals surface area contributed by atoms with E-state index in [0.29, 0.717) is 5.69 Å². The molecule has 0 aromatic heterocycles. The quantitative estimate of drug-likeness (QED) is 0.789. The fourth-order valence-corrected chi connectivity index (χ4v) is 3.88. The number of nitrogens with zero attached hydrogens (tertiary/aromatic N) is 3. The van der Waals surface area contributed by atoms with Gasteiger partial charge >= 0.3 is 5.97 Å². The first-order valence-electron chi connectivity index (χ1n) is 8.43. The van der Waals surface area contributed by atoms with E-state index in [0.717, 1.165) is 41.6 Å². The van der Waals surface area contributed by atoms with E-state index >= 15 is 0 Å². The summed E-state index contributed by atoms with van der Waals surface area (Å²) in [6.45, 7) is 1.11. The average Bonchev–Trinajstić information content (AvgIpc) is 2.60. The minimum Gasteiger partial charge on any atom is -0.480 e. The van der Waals surface area contributed by atoms with Gasteiger partial charge in [-0.1, -0.05) is 0 Å². The van der Waals surface area contributed by atoms with Crippen molar-refractivity contribution in [2.45, 2.75) is 24.2 Å². The largest absolute Gasteiger partial charge is 0.480 e. The van der Waals surface area contributed by atoms with Gasteiger partial charge in [0, 0.05) is 39.9 Å². The van der Waals surface area contributed by atoms with Crippen LogP contribution >= 0.6 is 0 Å². The number of hydrogen-bond donors (Lipinski definition) is 1. The number of anilines is 1. The number of benzene rings is 1. The maximum Gasteiger partial charge on any atom is 0.323 e. The SMILES string of the molecule is CN(CC(=O)O)C(=O)c1cc(S(=O)(=O)N(C)C)ccc1N1CCCCC1. The lowest BCUT2D eigenvalue weighted by Gasteiger charge is -2.31. The van der Waals surface area contributed by atoms with Crippen molar-refractivity contribution < 1.29 is 23.1 Å². The van der Waals surface area contributed by atoms with Crippen molar-refractivity contribution in [2.75, 3.05) is 45.7 Å². The van der Waals surface area contributed by atoms with E-state index in [1.54, 1.807) is 6.07 Å². The maximum absolute atomic E-state index is 12.8. The monoisotopic (exact) mass is 383 g/mol. The summed E-state index contributed by atoms with van der Waals surface area (Å²) in [6.07, 6.45) is 3.11. The standard InChI is InChI=1S/C17H25N3O5S/c1-18(2)26(24,25)13-7-8-15(20-9-5-4-6-10-20)14(11-13)17(23)19(3)12-16(21)22/h7-8,11H,4-6,9-10,12H2,1-3H3,(H,21,22). The van der Waals surface area contributed by atoms with Gasteiger partial charge in [0.1, 0.15) is 6.54 Å². The molecule has 1 N–H and O–H groups in total. The topological polar surface area (TPSA) is 98.2 Å².